The van der Waals surface area contributed by atoms with Crippen LogP contribution in [-0.2, 0) is 13.8 Å². The molecule has 0 heterocycles. The van der Waals surface area contributed by atoms with E-state index in [9.17, 15) is 4.57 Å². The van der Waals surface area contributed by atoms with Crippen molar-refractivity contribution in [2.24, 2.45) is 5.92 Å². The largest absolute Gasteiger partial charge is 0.469 e. The van der Waals surface area contributed by atoms with Crippen molar-refractivity contribution in [1.29, 1.82) is 0 Å². The molecule has 0 rings (SSSR count). The maximum atomic E-state index is 11.1. The Kier molecular flexibility index (Phi) is 21.7. The summed E-state index contributed by atoms with van der Waals surface area (Å²) < 4.78 is 22.0. The monoisotopic (exact) mass is 526 g/mol. The Bertz CT molecular complexity index is 498. The van der Waals surface area contributed by atoms with Gasteiger partial charge in [0.2, 0.25) is 0 Å². The van der Waals surface area contributed by atoms with Crippen LogP contribution >= 0.6 is 19.6 Å². The topological polar surface area (TPSA) is 76.0 Å². The van der Waals surface area contributed by atoms with E-state index < -0.39 is 7.82 Å². The number of hydrogen-bond acceptors (Lipinski definition) is 4. The fourth-order valence-electron chi connectivity index (χ4n) is 4.24. The third-order valence-electron chi connectivity index (χ3n) is 6.53. The molecular formula is C26H57NO5PS+. The molecule has 0 aromatic heterocycles. The second-order valence-corrected chi connectivity index (χ2v) is 13.2. The molecule has 8 heteroatoms. The Morgan fingerprint density at radius 2 is 1.26 bits per heavy atom. The van der Waals surface area contributed by atoms with Crippen molar-refractivity contribution in [2.75, 3.05) is 53.0 Å². The molecule has 0 spiro atoms. The minimum Gasteiger partial charge on any atom is -0.384 e. The van der Waals surface area contributed by atoms with E-state index in [1.54, 1.807) is 7.11 Å². The number of ether oxygens (including phenoxy) is 1. The fourth-order valence-corrected chi connectivity index (χ4v) is 5.75. The number of quaternary nitrogens is 1. The zero-order chi connectivity index (χ0) is 25.7. The number of rotatable bonds is 25. The standard InChI is InChI=1S/C26H56NO5PS/c1-6-7-8-9-10-11-12-13-14-15-16-17-18-19-20-34-24-25(22-31-5)21-26(27(2,3)4)23-32-33(28,29)30/h25-26H,6-24H2,1-5H3,(H-,28,29,30)/p+1. The number of phosphoric acid groups is 1. The van der Waals surface area contributed by atoms with Crippen molar-refractivity contribution >= 4 is 19.6 Å². The van der Waals surface area contributed by atoms with Crippen molar-refractivity contribution in [3.05, 3.63) is 0 Å². The van der Waals surface area contributed by atoms with Crippen LogP contribution in [0.5, 0.6) is 0 Å². The van der Waals surface area contributed by atoms with E-state index >= 15 is 0 Å². The van der Waals surface area contributed by atoms with Gasteiger partial charge < -0.3 is 19.0 Å². The molecule has 206 valence electrons. The van der Waals surface area contributed by atoms with Crippen LogP contribution < -0.4 is 0 Å². The molecule has 0 aliphatic rings. The molecule has 0 aromatic carbocycles. The molecule has 0 saturated carbocycles. The molecule has 2 N–H and O–H groups in total. The summed E-state index contributed by atoms with van der Waals surface area (Å²) in [7, 11) is 3.39. The summed E-state index contributed by atoms with van der Waals surface area (Å²) in [4.78, 5) is 18.2. The lowest BCUT2D eigenvalue weighted by atomic mass is 10.0. The average molecular weight is 527 g/mol. The van der Waals surface area contributed by atoms with Crippen molar-refractivity contribution in [3.63, 3.8) is 0 Å². The van der Waals surface area contributed by atoms with E-state index in [1.807, 2.05) is 32.9 Å². The highest BCUT2D eigenvalue weighted by Crippen LogP contribution is 2.37. The maximum Gasteiger partial charge on any atom is 0.469 e. The lowest BCUT2D eigenvalue weighted by Crippen LogP contribution is -2.49. The zero-order valence-corrected chi connectivity index (χ0v) is 24.7. The summed E-state index contributed by atoms with van der Waals surface area (Å²) >= 11 is 1.98. The SMILES string of the molecule is CCCCCCCCCCCCCCCCSCC(COC)CC(COP(=O)(O)O)[N+](C)(C)C. The minimum atomic E-state index is -4.45. The van der Waals surface area contributed by atoms with Gasteiger partial charge in [-0.15, -0.1) is 0 Å². The minimum absolute atomic E-state index is 0.00873. The van der Waals surface area contributed by atoms with Crippen LogP contribution in [0.15, 0.2) is 0 Å². The maximum absolute atomic E-state index is 11.1. The molecule has 6 nitrogen and oxygen atoms in total. The van der Waals surface area contributed by atoms with Gasteiger partial charge in [0.1, 0.15) is 12.6 Å². The molecule has 0 fully saturated rings. The molecule has 0 aliphatic heterocycles. The highest BCUT2D eigenvalue weighted by atomic mass is 32.2. The van der Waals surface area contributed by atoms with E-state index in [-0.39, 0.29) is 12.6 Å². The van der Waals surface area contributed by atoms with Crippen molar-refractivity contribution < 1.29 is 28.1 Å². The van der Waals surface area contributed by atoms with Gasteiger partial charge in [0.15, 0.2) is 0 Å². The van der Waals surface area contributed by atoms with E-state index in [2.05, 4.69) is 6.92 Å². The number of phosphoric ester groups is 1. The first-order chi connectivity index (χ1) is 16.1. The van der Waals surface area contributed by atoms with E-state index in [0.29, 0.717) is 17.0 Å². The third kappa shape index (κ3) is 22.8. The number of unbranched alkanes of at least 4 members (excludes halogenated alkanes) is 13. The van der Waals surface area contributed by atoms with Crippen LogP contribution in [0.2, 0.25) is 0 Å². The second kappa shape index (κ2) is 21.5. The number of nitrogens with zero attached hydrogens (tertiary/aromatic N) is 1. The van der Waals surface area contributed by atoms with Gasteiger partial charge in [-0.25, -0.2) is 4.57 Å². The third-order valence-corrected chi connectivity index (χ3v) is 8.30. The number of likely N-dealkylation sites (N-methyl/N-ethyl adjacent to an activating group) is 1. The summed E-state index contributed by atoms with van der Waals surface area (Å²) in [5.74, 6) is 2.54. The van der Waals surface area contributed by atoms with Crippen LogP contribution in [0.1, 0.15) is 103 Å². The Morgan fingerprint density at radius 3 is 1.68 bits per heavy atom. The fraction of sp³-hybridized carbons (Fsp3) is 1.00. The molecule has 2 unspecified atom stereocenters. The average Bonchev–Trinajstić information content (AvgIpc) is 2.74. The summed E-state index contributed by atoms with van der Waals surface area (Å²) in [6.07, 6.45) is 20.2. The van der Waals surface area contributed by atoms with E-state index in [1.165, 1.54) is 95.6 Å². The second-order valence-electron chi connectivity index (χ2n) is 10.8. The molecule has 0 amide bonds. The van der Waals surface area contributed by atoms with E-state index in [4.69, 9.17) is 19.0 Å². The quantitative estimate of drug-likeness (QED) is 0.0755. The van der Waals surface area contributed by atoms with Gasteiger partial charge in [-0.1, -0.05) is 90.4 Å². The normalized spacial score (nSPS) is 14.4. The molecule has 34 heavy (non-hydrogen) atoms. The van der Waals surface area contributed by atoms with Crippen molar-refractivity contribution in [3.8, 4) is 0 Å². The van der Waals surface area contributed by atoms with Gasteiger partial charge in [-0.2, -0.15) is 11.8 Å². The summed E-state index contributed by atoms with van der Waals surface area (Å²) in [5, 5.41) is 0. The predicted molar refractivity (Wildman–Crippen MR) is 147 cm³/mol. The van der Waals surface area contributed by atoms with Crippen molar-refractivity contribution in [2.45, 2.75) is 109 Å². The molecular weight excluding hydrogens is 469 g/mol. The number of thioether (sulfide) groups is 1. The molecule has 0 saturated heterocycles. The summed E-state index contributed by atoms with van der Waals surface area (Å²) in [6, 6.07) is 0.00873. The Labute approximate surface area is 215 Å². The smallest absolute Gasteiger partial charge is 0.384 e. The molecule has 0 bridgehead atoms. The first-order valence-corrected chi connectivity index (χ1v) is 16.4. The van der Waals surface area contributed by atoms with Gasteiger partial charge in [0.25, 0.3) is 0 Å². The number of methoxy groups -OCH3 is 1. The van der Waals surface area contributed by atoms with Crippen LogP contribution in [0.25, 0.3) is 0 Å². The Morgan fingerprint density at radius 1 is 0.794 bits per heavy atom. The van der Waals surface area contributed by atoms with Gasteiger partial charge in [0, 0.05) is 13.5 Å². The first kappa shape index (κ1) is 34.4. The Hall–Kier alpha value is 0.380. The molecule has 0 aromatic rings. The highest BCUT2D eigenvalue weighted by Gasteiger charge is 2.30. The van der Waals surface area contributed by atoms with Crippen LogP contribution in [0.4, 0.5) is 0 Å². The summed E-state index contributed by atoms with van der Waals surface area (Å²) in [6.45, 7) is 3.00. The van der Waals surface area contributed by atoms with Crippen LogP contribution in [0, 0.1) is 5.92 Å². The van der Waals surface area contributed by atoms with Crippen LogP contribution in [-0.4, -0.2) is 73.3 Å². The lowest BCUT2D eigenvalue weighted by Gasteiger charge is -2.36. The molecule has 0 radical (unpaired) electrons. The van der Waals surface area contributed by atoms with Gasteiger partial charge in [-0.3, -0.25) is 4.52 Å². The Balaban J connectivity index is 3.85. The molecule has 2 atom stereocenters. The number of hydrogen-bond donors (Lipinski definition) is 2. The van der Waals surface area contributed by atoms with Gasteiger partial charge in [0.05, 0.1) is 27.7 Å². The highest BCUT2D eigenvalue weighted by molar-refractivity contribution is 7.99. The summed E-state index contributed by atoms with van der Waals surface area (Å²) in [5.41, 5.74) is 0. The van der Waals surface area contributed by atoms with Crippen LogP contribution in [0.3, 0.4) is 0 Å². The zero-order valence-electron chi connectivity index (χ0n) is 23.0. The molecule has 0 aliphatic carbocycles. The van der Waals surface area contributed by atoms with Gasteiger partial charge >= 0.3 is 7.82 Å². The first-order valence-electron chi connectivity index (χ1n) is 13.7. The van der Waals surface area contributed by atoms with Gasteiger partial charge in [-0.05, 0) is 23.8 Å². The predicted octanol–water partition coefficient (Wildman–Crippen LogP) is 7.04. The van der Waals surface area contributed by atoms with Crippen molar-refractivity contribution in [1.82, 2.24) is 0 Å². The lowest BCUT2D eigenvalue weighted by molar-refractivity contribution is -0.897. The van der Waals surface area contributed by atoms with E-state index in [0.717, 1.165) is 12.2 Å².